The first-order valence-electron chi connectivity index (χ1n) is 7.79. The molecular weight excluding hydrogens is 280 g/mol. The maximum Gasteiger partial charge on any atom is 0.224 e. The third-order valence-electron chi connectivity index (χ3n) is 4.32. The first kappa shape index (κ1) is 16.4. The van der Waals surface area contributed by atoms with Gasteiger partial charge in [-0.25, -0.2) is 0 Å². The minimum atomic E-state index is -0.205. The number of nitrogens with zero attached hydrogens (tertiary/aromatic N) is 1. The van der Waals surface area contributed by atoms with Gasteiger partial charge in [-0.1, -0.05) is 37.3 Å². The van der Waals surface area contributed by atoms with Gasteiger partial charge in [-0.2, -0.15) is 11.8 Å². The number of hydrogen-bond acceptors (Lipinski definition) is 3. The summed E-state index contributed by atoms with van der Waals surface area (Å²) in [5.74, 6) is 1.33. The lowest BCUT2D eigenvalue weighted by atomic mass is 10.0. The molecule has 2 rings (SSSR count). The van der Waals surface area contributed by atoms with Gasteiger partial charge in [-0.15, -0.1) is 0 Å². The van der Waals surface area contributed by atoms with Crippen molar-refractivity contribution in [3.8, 4) is 0 Å². The lowest BCUT2D eigenvalue weighted by Gasteiger charge is -2.26. The van der Waals surface area contributed by atoms with E-state index in [-0.39, 0.29) is 11.9 Å². The van der Waals surface area contributed by atoms with Gasteiger partial charge >= 0.3 is 0 Å². The molecule has 0 heterocycles. The topological polar surface area (TPSA) is 46.3 Å². The zero-order chi connectivity index (χ0) is 15.2. The Labute approximate surface area is 132 Å². The largest absolute Gasteiger partial charge is 0.343 e. The molecule has 3 nitrogen and oxygen atoms in total. The van der Waals surface area contributed by atoms with E-state index >= 15 is 0 Å². The monoisotopic (exact) mass is 306 g/mol. The van der Waals surface area contributed by atoms with E-state index in [4.69, 9.17) is 5.73 Å². The predicted octanol–water partition coefficient (Wildman–Crippen LogP) is 3.21. The van der Waals surface area contributed by atoms with Gasteiger partial charge in [0.1, 0.15) is 0 Å². The fraction of sp³-hybridized carbons (Fsp3) is 0.588. The van der Waals surface area contributed by atoms with Crippen LogP contribution in [0.5, 0.6) is 0 Å². The van der Waals surface area contributed by atoms with Gasteiger partial charge in [0.2, 0.25) is 5.91 Å². The molecular formula is C17H26N2OS. The van der Waals surface area contributed by atoms with Crippen LogP contribution in [-0.2, 0) is 4.79 Å². The normalized spacial score (nSPS) is 23.0. The van der Waals surface area contributed by atoms with Crippen molar-refractivity contribution in [3.05, 3.63) is 35.9 Å². The molecule has 0 unspecified atom stereocenters. The van der Waals surface area contributed by atoms with Gasteiger partial charge in [0, 0.05) is 30.8 Å². The van der Waals surface area contributed by atoms with E-state index in [1.807, 2.05) is 54.0 Å². The fourth-order valence-corrected chi connectivity index (χ4v) is 4.14. The van der Waals surface area contributed by atoms with Crippen LogP contribution in [0.15, 0.2) is 30.3 Å². The summed E-state index contributed by atoms with van der Waals surface area (Å²) in [6, 6.07) is 10.1. The van der Waals surface area contributed by atoms with Crippen LogP contribution in [0, 0.1) is 0 Å². The summed E-state index contributed by atoms with van der Waals surface area (Å²) in [7, 11) is 1.93. The molecule has 1 aromatic rings. The minimum Gasteiger partial charge on any atom is -0.343 e. The Morgan fingerprint density at radius 3 is 2.76 bits per heavy atom. The molecule has 3 atom stereocenters. The number of thioether (sulfide) groups is 1. The Hall–Kier alpha value is -1.00. The third-order valence-corrected chi connectivity index (χ3v) is 5.56. The molecule has 1 aliphatic carbocycles. The van der Waals surface area contributed by atoms with Gasteiger partial charge in [0.05, 0.1) is 0 Å². The molecule has 0 saturated heterocycles. The molecule has 0 spiro atoms. The summed E-state index contributed by atoms with van der Waals surface area (Å²) in [5, 5.41) is 0.720. The van der Waals surface area contributed by atoms with Crippen molar-refractivity contribution in [2.75, 3.05) is 12.8 Å². The molecule has 0 bridgehead atoms. The molecule has 0 radical (unpaired) electrons. The molecule has 0 aliphatic heterocycles. The summed E-state index contributed by atoms with van der Waals surface area (Å²) in [6.45, 7) is 2.20. The van der Waals surface area contributed by atoms with Crippen LogP contribution in [0.25, 0.3) is 0 Å². The zero-order valence-electron chi connectivity index (χ0n) is 13.0. The molecule has 4 heteroatoms. The van der Waals surface area contributed by atoms with Crippen LogP contribution >= 0.6 is 11.8 Å². The molecule has 0 aromatic heterocycles. The molecule has 116 valence electrons. The van der Waals surface area contributed by atoms with Gasteiger partial charge in [0.25, 0.3) is 0 Å². The molecule has 1 aliphatic rings. The van der Waals surface area contributed by atoms with Crippen molar-refractivity contribution in [1.82, 2.24) is 4.90 Å². The standard InChI is InChI=1S/C17H26N2OS/c1-3-21-15-10-9-14(11-15)19(2)17(20)12-16(18)13-7-5-4-6-8-13/h4-8,14-16H,3,9-12,18H2,1-2H3/t14-,15+,16+/m0/s1. The number of benzene rings is 1. The Kier molecular flexibility index (Phi) is 6.12. The summed E-state index contributed by atoms with van der Waals surface area (Å²) < 4.78 is 0. The zero-order valence-corrected chi connectivity index (χ0v) is 13.8. The smallest absolute Gasteiger partial charge is 0.224 e. The quantitative estimate of drug-likeness (QED) is 0.878. The van der Waals surface area contributed by atoms with Crippen LogP contribution < -0.4 is 5.73 Å². The van der Waals surface area contributed by atoms with Crippen molar-refractivity contribution < 1.29 is 4.79 Å². The van der Waals surface area contributed by atoms with Crippen molar-refractivity contribution in [2.45, 2.75) is 49.9 Å². The maximum absolute atomic E-state index is 12.4. The van der Waals surface area contributed by atoms with E-state index in [9.17, 15) is 4.79 Å². The number of carbonyl (C=O) groups excluding carboxylic acids is 1. The fourth-order valence-electron chi connectivity index (χ4n) is 3.01. The van der Waals surface area contributed by atoms with E-state index < -0.39 is 0 Å². The van der Waals surface area contributed by atoms with Gasteiger partial charge in [-0.3, -0.25) is 4.79 Å². The van der Waals surface area contributed by atoms with Gasteiger partial charge < -0.3 is 10.6 Å². The van der Waals surface area contributed by atoms with E-state index in [1.165, 1.54) is 6.42 Å². The SMILES string of the molecule is CCS[C@@H]1CC[C@H](N(C)C(=O)C[C@@H](N)c2ccccc2)C1. The second-order valence-electron chi connectivity index (χ2n) is 5.77. The first-order valence-corrected chi connectivity index (χ1v) is 8.84. The highest BCUT2D eigenvalue weighted by atomic mass is 32.2. The number of hydrogen-bond donors (Lipinski definition) is 1. The van der Waals surface area contributed by atoms with Crippen LogP contribution in [0.3, 0.4) is 0 Å². The van der Waals surface area contributed by atoms with E-state index in [2.05, 4.69) is 6.92 Å². The molecule has 1 saturated carbocycles. The number of carbonyl (C=O) groups is 1. The van der Waals surface area contributed by atoms with Crippen molar-refractivity contribution >= 4 is 17.7 Å². The second-order valence-corrected chi connectivity index (χ2v) is 7.35. The van der Waals surface area contributed by atoms with E-state index in [0.717, 1.165) is 29.4 Å². The highest BCUT2D eigenvalue weighted by Crippen LogP contribution is 2.32. The van der Waals surface area contributed by atoms with E-state index in [0.29, 0.717) is 12.5 Å². The number of nitrogens with two attached hydrogens (primary N) is 1. The molecule has 1 aromatic carbocycles. The summed E-state index contributed by atoms with van der Waals surface area (Å²) >= 11 is 2.02. The number of rotatable bonds is 6. The Morgan fingerprint density at radius 1 is 1.38 bits per heavy atom. The summed E-state index contributed by atoms with van der Waals surface area (Å²) in [4.78, 5) is 14.3. The summed E-state index contributed by atoms with van der Waals surface area (Å²) in [6.07, 6.45) is 3.87. The van der Waals surface area contributed by atoms with Gasteiger partial charge in [-0.05, 0) is 30.6 Å². The minimum absolute atomic E-state index is 0.165. The average molecular weight is 306 g/mol. The third kappa shape index (κ3) is 4.48. The second kappa shape index (κ2) is 7.85. The maximum atomic E-state index is 12.4. The molecule has 21 heavy (non-hydrogen) atoms. The molecule has 1 fully saturated rings. The highest BCUT2D eigenvalue weighted by Gasteiger charge is 2.30. The Balaban J connectivity index is 1.86. The van der Waals surface area contributed by atoms with Crippen molar-refractivity contribution in [3.63, 3.8) is 0 Å². The van der Waals surface area contributed by atoms with Crippen molar-refractivity contribution in [2.24, 2.45) is 5.73 Å². The van der Waals surface area contributed by atoms with Crippen LogP contribution in [0.4, 0.5) is 0 Å². The highest BCUT2D eigenvalue weighted by molar-refractivity contribution is 7.99. The summed E-state index contributed by atoms with van der Waals surface area (Å²) in [5.41, 5.74) is 7.19. The Bertz CT molecular complexity index is 451. The van der Waals surface area contributed by atoms with Crippen LogP contribution in [0.1, 0.15) is 44.2 Å². The molecule has 1 amide bonds. The average Bonchev–Trinajstić information content (AvgIpc) is 2.96. The lowest BCUT2D eigenvalue weighted by molar-refractivity contribution is -0.132. The van der Waals surface area contributed by atoms with Crippen molar-refractivity contribution in [1.29, 1.82) is 0 Å². The van der Waals surface area contributed by atoms with Crippen LogP contribution in [-0.4, -0.2) is 34.9 Å². The first-order chi connectivity index (χ1) is 10.1. The predicted molar refractivity (Wildman–Crippen MR) is 90.3 cm³/mol. The lowest BCUT2D eigenvalue weighted by Crippen LogP contribution is -2.37. The van der Waals surface area contributed by atoms with E-state index in [1.54, 1.807) is 0 Å². The number of amides is 1. The van der Waals surface area contributed by atoms with Gasteiger partial charge in [0.15, 0.2) is 0 Å². The Morgan fingerprint density at radius 2 is 2.10 bits per heavy atom. The molecule has 2 N–H and O–H groups in total. The van der Waals surface area contributed by atoms with Crippen LogP contribution in [0.2, 0.25) is 0 Å².